The molecule has 1 heterocycles. The van der Waals surface area contributed by atoms with Gasteiger partial charge in [-0.05, 0) is 12.1 Å². The molecule has 1 aromatic rings. The van der Waals surface area contributed by atoms with Gasteiger partial charge in [-0.3, -0.25) is 4.79 Å². The monoisotopic (exact) mass is 299 g/mol. The zero-order valence-electron chi connectivity index (χ0n) is 11.4. The third kappa shape index (κ3) is 3.21. The van der Waals surface area contributed by atoms with Crippen LogP contribution in [-0.2, 0) is 0 Å². The number of carbonyl (C=O) groups is 2. The van der Waals surface area contributed by atoms with E-state index in [0.29, 0.717) is 13.1 Å². The van der Waals surface area contributed by atoms with Crippen LogP contribution in [0.3, 0.4) is 0 Å². The van der Waals surface area contributed by atoms with Crippen molar-refractivity contribution in [1.29, 1.82) is 0 Å². The fourth-order valence-corrected chi connectivity index (χ4v) is 2.03. The van der Waals surface area contributed by atoms with Gasteiger partial charge in [0.25, 0.3) is 5.91 Å². The molecular weight excluding hydrogens is 284 g/mol. The van der Waals surface area contributed by atoms with Gasteiger partial charge in [0, 0.05) is 26.2 Å². The van der Waals surface area contributed by atoms with Gasteiger partial charge < -0.3 is 20.3 Å². The summed E-state index contributed by atoms with van der Waals surface area (Å²) in [4.78, 5) is 24.7. The van der Waals surface area contributed by atoms with E-state index in [1.807, 2.05) is 0 Å². The van der Waals surface area contributed by atoms with Gasteiger partial charge in [0.2, 0.25) is 0 Å². The van der Waals surface area contributed by atoms with E-state index in [-0.39, 0.29) is 24.9 Å². The molecular formula is C13H15F2N3O3. The molecule has 1 aliphatic rings. The third-order valence-electron chi connectivity index (χ3n) is 3.12. The lowest BCUT2D eigenvalue weighted by atomic mass is 10.1. The summed E-state index contributed by atoms with van der Waals surface area (Å²) in [6, 6.07) is 1.86. The maximum Gasteiger partial charge on any atom is 0.317 e. The van der Waals surface area contributed by atoms with Crippen molar-refractivity contribution in [3.8, 4) is 5.75 Å². The molecule has 0 aromatic heterocycles. The first-order chi connectivity index (χ1) is 10.0. The largest absolute Gasteiger partial charge is 0.496 e. The summed E-state index contributed by atoms with van der Waals surface area (Å²) in [6.45, 7) is 1.52. The van der Waals surface area contributed by atoms with Crippen molar-refractivity contribution in [1.82, 2.24) is 15.5 Å². The Morgan fingerprint density at radius 2 is 2.24 bits per heavy atom. The number of methoxy groups -OCH3 is 1. The van der Waals surface area contributed by atoms with E-state index in [9.17, 15) is 18.4 Å². The minimum Gasteiger partial charge on any atom is -0.496 e. The minimum absolute atomic E-state index is 0.0506. The van der Waals surface area contributed by atoms with Gasteiger partial charge in [-0.2, -0.15) is 0 Å². The Balaban J connectivity index is 2.00. The Bertz CT molecular complexity index is 566. The maximum atomic E-state index is 13.7. The Labute approximate surface area is 120 Å². The second kappa shape index (κ2) is 6.38. The first-order valence-electron chi connectivity index (χ1n) is 6.37. The van der Waals surface area contributed by atoms with Crippen molar-refractivity contribution < 1.29 is 23.1 Å². The second-order valence-corrected chi connectivity index (χ2v) is 4.41. The van der Waals surface area contributed by atoms with Crippen LogP contribution in [0, 0.1) is 11.6 Å². The second-order valence-electron chi connectivity index (χ2n) is 4.41. The number of rotatable bonds is 5. The lowest BCUT2D eigenvalue weighted by Crippen LogP contribution is -2.37. The van der Waals surface area contributed by atoms with Gasteiger partial charge in [0.05, 0.1) is 7.11 Å². The van der Waals surface area contributed by atoms with Crippen molar-refractivity contribution >= 4 is 11.9 Å². The lowest BCUT2D eigenvalue weighted by molar-refractivity contribution is 0.0941. The summed E-state index contributed by atoms with van der Waals surface area (Å²) in [6.07, 6.45) is 0. The normalized spacial score (nSPS) is 14.0. The van der Waals surface area contributed by atoms with Gasteiger partial charge in [-0.25, -0.2) is 13.6 Å². The van der Waals surface area contributed by atoms with Crippen LogP contribution in [-0.4, -0.2) is 50.1 Å². The number of ether oxygens (including phenoxy) is 1. The van der Waals surface area contributed by atoms with Gasteiger partial charge >= 0.3 is 6.03 Å². The Morgan fingerprint density at radius 1 is 1.48 bits per heavy atom. The summed E-state index contributed by atoms with van der Waals surface area (Å²) in [5.74, 6) is -3.22. The molecule has 1 aliphatic heterocycles. The molecule has 1 fully saturated rings. The van der Waals surface area contributed by atoms with E-state index in [1.165, 1.54) is 18.1 Å². The quantitative estimate of drug-likeness (QED) is 0.842. The SMILES string of the molecule is COc1ccc(F)c(F)c1C(=O)NCCN1CCNC1=O. The Morgan fingerprint density at radius 3 is 2.86 bits per heavy atom. The van der Waals surface area contributed by atoms with Crippen LogP contribution in [0.4, 0.5) is 13.6 Å². The highest BCUT2D eigenvalue weighted by Crippen LogP contribution is 2.23. The van der Waals surface area contributed by atoms with E-state index in [4.69, 9.17) is 4.74 Å². The van der Waals surface area contributed by atoms with Crippen molar-refractivity contribution in [2.75, 3.05) is 33.3 Å². The highest BCUT2D eigenvalue weighted by Gasteiger charge is 2.22. The van der Waals surface area contributed by atoms with E-state index in [2.05, 4.69) is 10.6 Å². The molecule has 6 nitrogen and oxygen atoms in total. The third-order valence-corrected chi connectivity index (χ3v) is 3.12. The fraction of sp³-hybridized carbons (Fsp3) is 0.385. The van der Waals surface area contributed by atoms with Gasteiger partial charge in [0.15, 0.2) is 11.6 Å². The number of hydrogen-bond donors (Lipinski definition) is 2. The minimum atomic E-state index is -1.26. The Kier molecular flexibility index (Phi) is 4.56. The van der Waals surface area contributed by atoms with E-state index in [1.54, 1.807) is 0 Å². The number of carbonyl (C=O) groups excluding carboxylic acids is 2. The van der Waals surface area contributed by atoms with Gasteiger partial charge in [-0.15, -0.1) is 0 Å². The molecule has 8 heteroatoms. The Hall–Kier alpha value is -2.38. The summed E-state index contributed by atoms with van der Waals surface area (Å²) in [7, 11) is 1.26. The fourth-order valence-electron chi connectivity index (χ4n) is 2.03. The average Bonchev–Trinajstić information content (AvgIpc) is 2.87. The predicted molar refractivity (Wildman–Crippen MR) is 70.2 cm³/mol. The number of nitrogens with zero attached hydrogens (tertiary/aromatic N) is 1. The molecule has 0 atom stereocenters. The van der Waals surface area contributed by atoms with Crippen LogP contribution in [0.15, 0.2) is 12.1 Å². The first kappa shape index (κ1) is 15.0. The smallest absolute Gasteiger partial charge is 0.317 e. The number of amides is 3. The van der Waals surface area contributed by atoms with Crippen LogP contribution < -0.4 is 15.4 Å². The molecule has 0 saturated carbocycles. The van der Waals surface area contributed by atoms with Crippen molar-refractivity contribution in [2.24, 2.45) is 0 Å². The van der Waals surface area contributed by atoms with Crippen molar-refractivity contribution in [2.45, 2.75) is 0 Å². The molecule has 1 aromatic carbocycles. The standard InChI is InChI=1S/C13H15F2N3O3/c1-21-9-3-2-8(14)11(15)10(9)12(19)16-4-6-18-7-5-17-13(18)20/h2-3H,4-7H2,1H3,(H,16,19)(H,17,20). The summed E-state index contributed by atoms with van der Waals surface area (Å²) >= 11 is 0. The number of halogens is 2. The van der Waals surface area contributed by atoms with Crippen LogP contribution in [0.2, 0.25) is 0 Å². The average molecular weight is 299 g/mol. The zero-order chi connectivity index (χ0) is 15.4. The highest BCUT2D eigenvalue weighted by molar-refractivity contribution is 5.97. The van der Waals surface area contributed by atoms with Gasteiger partial charge in [-0.1, -0.05) is 0 Å². The number of benzene rings is 1. The van der Waals surface area contributed by atoms with Crippen LogP contribution in [0.25, 0.3) is 0 Å². The molecule has 0 radical (unpaired) electrons. The molecule has 114 valence electrons. The number of hydrogen-bond acceptors (Lipinski definition) is 3. The lowest BCUT2D eigenvalue weighted by Gasteiger charge is -2.15. The van der Waals surface area contributed by atoms with Crippen molar-refractivity contribution in [3.63, 3.8) is 0 Å². The molecule has 0 bridgehead atoms. The number of nitrogens with one attached hydrogen (secondary N) is 2. The predicted octanol–water partition coefficient (Wildman–Crippen LogP) is 0.728. The van der Waals surface area contributed by atoms with Crippen LogP contribution >= 0.6 is 0 Å². The molecule has 1 saturated heterocycles. The van der Waals surface area contributed by atoms with Gasteiger partial charge in [0.1, 0.15) is 11.3 Å². The molecule has 21 heavy (non-hydrogen) atoms. The zero-order valence-corrected chi connectivity index (χ0v) is 11.4. The van der Waals surface area contributed by atoms with E-state index < -0.39 is 23.1 Å². The van der Waals surface area contributed by atoms with Crippen LogP contribution in [0.1, 0.15) is 10.4 Å². The summed E-state index contributed by atoms with van der Waals surface area (Å²) in [5, 5.41) is 5.06. The maximum absolute atomic E-state index is 13.7. The van der Waals surface area contributed by atoms with Crippen molar-refractivity contribution in [3.05, 3.63) is 29.3 Å². The van der Waals surface area contributed by atoms with E-state index in [0.717, 1.165) is 6.07 Å². The summed E-state index contributed by atoms with van der Waals surface area (Å²) < 4.78 is 31.8. The number of urea groups is 1. The molecule has 0 aliphatic carbocycles. The topological polar surface area (TPSA) is 70.7 Å². The van der Waals surface area contributed by atoms with E-state index >= 15 is 0 Å². The molecule has 0 spiro atoms. The summed E-state index contributed by atoms with van der Waals surface area (Å²) in [5.41, 5.74) is -0.483. The van der Waals surface area contributed by atoms with Crippen LogP contribution in [0.5, 0.6) is 5.75 Å². The molecule has 2 N–H and O–H groups in total. The molecule has 0 unspecified atom stereocenters. The molecule has 3 amide bonds. The first-order valence-corrected chi connectivity index (χ1v) is 6.37. The molecule has 2 rings (SSSR count). The highest BCUT2D eigenvalue weighted by atomic mass is 19.2.